The van der Waals surface area contributed by atoms with Crippen LogP contribution in [0.4, 0.5) is 0 Å². The standard InChI is InChI=1S/C43H72O11/c1-21(2)11-10-12-22(3)24-13-16-42(8)32(24)27(45)18-30-41(7)15-14-31(46)40(5,6)37(41)28(19-43(30,42)9)53-39-26(35(49)36(50)29(20-44)54-39)17-25-34(48)33(47)23(4)52-38(25)51/h11-12,23-39,44-51H,10,13-20H2,1-9H3/b22-12-/t23-,24+,25-,26+,27+,28-,29+,30+,31-,32-,33-,34-,35+,36+,37-,38+,39+,41+,42+,43+/m0/s1. The van der Waals surface area contributed by atoms with Gasteiger partial charge in [0, 0.05) is 11.8 Å². The van der Waals surface area contributed by atoms with E-state index in [0.717, 1.165) is 25.7 Å². The molecule has 0 unspecified atom stereocenters. The molecule has 11 nitrogen and oxygen atoms in total. The molecule has 2 aliphatic heterocycles. The van der Waals surface area contributed by atoms with E-state index in [0.29, 0.717) is 19.3 Å². The highest BCUT2D eigenvalue weighted by atomic mass is 16.7. The first kappa shape index (κ1) is 42.6. The lowest BCUT2D eigenvalue weighted by Crippen LogP contribution is -2.70. The molecular weight excluding hydrogens is 692 g/mol. The Morgan fingerprint density at radius 1 is 0.796 bits per heavy atom. The highest BCUT2D eigenvalue weighted by Crippen LogP contribution is 2.76. The van der Waals surface area contributed by atoms with E-state index in [9.17, 15) is 40.9 Å². The van der Waals surface area contributed by atoms with Gasteiger partial charge < -0.3 is 55.1 Å². The monoisotopic (exact) mass is 765 g/mol. The first-order valence-corrected chi connectivity index (χ1v) is 20.8. The van der Waals surface area contributed by atoms with Gasteiger partial charge in [-0.25, -0.2) is 0 Å². The molecule has 0 amide bonds. The third kappa shape index (κ3) is 6.81. The zero-order valence-corrected chi connectivity index (χ0v) is 34.1. The summed E-state index contributed by atoms with van der Waals surface area (Å²) in [6.07, 6.45) is -1.71. The van der Waals surface area contributed by atoms with Gasteiger partial charge in [-0.2, -0.15) is 0 Å². The summed E-state index contributed by atoms with van der Waals surface area (Å²) in [5, 5.41) is 89.5. The molecule has 0 aromatic heterocycles. The Kier molecular flexibility index (Phi) is 12.1. The van der Waals surface area contributed by atoms with Crippen molar-refractivity contribution >= 4 is 0 Å². The van der Waals surface area contributed by atoms with Gasteiger partial charge in [0.2, 0.25) is 0 Å². The van der Waals surface area contributed by atoms with Crippen molar-refractivity contribution in [3.05, 3.63) is 23.3 Å². The lowest BCUT2D eigenvalue weighted by molar-refractivity contribution is -0.344. The van der Waals surface area contributed by atoms with Crippen LogP contribution in [0.2, 0.25) is 0 Å². The SMILES string of the molecule is CC(C)=CC/C=C(/C)[C@H]1CC[C@]2(C)[C@@H]1[C@H](O)C[C@@H]1[C@@]3(C)CC[C@H](O)C(C)(C)[C@@H]3[C@@H](O[C@@H]3O[C@H](CO)[C@@H](O)[C@H](O)[C@H]3C[C@H]3[C@H](O)[C@@H](O)[C@H](C)O[C@H]3O)C[C@]12C. The van der Waals surface area contributed by atoms with Crippen molar-refractivity contribution in [3.63, 3.8) is 0 Å². The molecule has 6 rings (SSSR count). The highest BCUT2D eigenvalue weighted by molar-refractivity contribution is 5.24. The number of ether oxygens (including phenoxy) is 3. The first-order chi connectivity index (χ1) is 25.1. The number of aliphatic hydroxyl groups excluding tert-OH is 8. The summed E-state index contributed by atoms with van der Waals surface area (Å²) in [7, 11) is 0. The summed E-state index contributed by atoms with van der Waals surface area (Å²) in [6.45, 7) is 18.7. The molecule has 310 valence electrons. The molecule has 6 fully saturated rings. The van der Waals surface area contributed by atoms with Crippen LogP contribution in [0.25, 0.3) is 0 Å². The van der Waals surface area contributed by atoms with Gasteiger partial charge in [0.15, 0.2) is 12.6 Å². The maximum atomic E-state index is 12.2. The summed E-state index contributed by atoms with van der Waals surface area (Å²) in [5.41, 5.74) is 1.15. The van der Waals surface area contributed by atoms with Crippen molar-refractivity contribution in [2.45, 2.75) is 181 Å². The molecule has 54 heavy (non-hydrogen) atoms. The van der Waals surface area contributed by atoms with Gasteiger partial charge in [-0.15, -0.1) is 0 Å². The molecular formula is C43H72O11. The second-order valence-electron chi connectivity index (χ2n) is 20.0. The number of aliphatic hydroxyl groups is 8. The molecule has 2 heterocycles. The molecule has 8 N–H and O–H groups in total. The number of rotatable bonds is 8. The highest BCUT2D eigenvalue weighted by Gasteiger charge is 2.73. The number of allylic oxidation sites excluding steroid dienone is 4. The lowest BCUT2D eigenvalue weighted by Gasteiger charge is -2.72. The van der Waals surface area contributed by atoms with Crippen LogP contribution in [0.1, 0.15) is 114 Å². The maximum Gasteiger partial charge on any atom is 0.163 e. The van der Waals surface area contributed by atoms with Crippen LogP contribution in [0, 0.1) is 57.2 Å². The van der Waals surface area contributed by atoms with Crippen LogP contribution in [0.15, 0.2) is 23.3 Å². The normalized spacial score (nSPS) is 53.3. The Morgan fingerprint density at radius 3 is 2.11 bits per heavy atom. The van der Waals surface area contributed by atoms with Crippen LogP contribution in [0.5, 0.6) is 0 Å². The van der Waals surface area contributed by atoms with Crippen molar-refractivity contribution in [1.82, 2.24) is 0 Å². The fourth-order valence-corrected chi connectivity index (χ4v) is 13.5. The average Bonchev–Trinajstić information content (AvgIpc) is 3.47. The van der Waals surface area contributed by atoms with Crippen molar-refractivity contribution in [2.75, 3.05) is 6.61 Å². The van der Waals surface area contributed by atoms with E-state index < -0.39 is 91.4 Å². The van der Waals surface area contributed by atoms with Gasteiger partial charge in [0.25, 0.3) is 0 Å². The van der Waals surface area contributed by atoms with Crippen molar-refractivity contribution in [2.24, 2.45) is 57.2 Å². The van der Waals surface area contributed by atoms with E-state index in [1.54, 1.807) is 6.92 Å². The van der Waals surface area contributed by atoms with E-state index in [4.69, 9.17) is 14.2 Å². The van der Waals surface area contributed by atoms with Crippen LogP contribution >= 0.6 is 0 Å². The minimum absolute atomic E-state index is 0.0576. The smallest absolute Gasteiger partial charge is 0.163 e. The number of hydrogen-bond donors (Lipinski definition) is 8. The molecule has 11 heteroatoms. The molecule has 0 radical (unpaired) electrons. The third-order valence-electron chi connectivity index (χ3n) is 16.6. The van der Waals surface area contributed by atoms with Gasteiger partial charge in [-0.05, 0) is 124 Å². The Balaban J connectivity index is 1.39. The molecule has 0 aromatic carbocycles. The molecule has 0 aromatic rings. The van der Waals surface area contributed by atoms with E-state index in [1.807, 2.05) is 0 Å². The summed E-state index contributed by atoms with van der Waals surface area (Å²) in [4.78, 5) is 0. The quantitative estimate of drug-likeness (QED) is 0.133. The van der Waals surface area contributed by atoms with Gasteiger partial charge in [-0.1, -0.05) is 57.9 Å². The zero-order chi connectivity index (χ0) is 39.9. The Bertz CT molecular complexity index is 1400. The minimum atomic E-state index is -1.46. The summed E-state index contributed by atoms with van der Waals surface area (Å²) in [6, 6.07) is 0. The average molecular weight is 765 g/mol. The van der Waals surface area contributed by atoms with E-state index in [1.165, 1.54) is 11.1 Å². The van der Waals surface area contributed by atoms with Crippen molar-refractivity contribution in [1.29, 1.82) is 0 Å². The fourth-order valence-electron chi connectivity index (χ4n) is 13.5. The lowest BCUT2D eigenvalue weighted by atomic mass is 9.34. The van der Waals surface area contributed by atoms with Crippen LogP contribution in [-0.2, 0) is 14.2 Å². The van der Waals surface area contributed by atoms with Crippen LogP contribution in [-0.4, -0.2) is 115 Å². The van der Waals surface area contributed by atoms with Crippen LogP contribution < -0.4 is 0 Å². The predicted octanol–water partition coefficient (Wildman–Crippen LogP) is 3.82. The second-order valence-corrected chi connectivity index (χ2v) is 20.0. The fraction of sp³-hybridized carbons (Fsp3) is 0.907. The summed E-state index contributed by atoms with van der Waals surface area (Å²) >= 11 is 0. The molecule has 0 spiro atoms. The third-order valence-corrected chi connectivity index (χ3v) is 16.6. The minimum Gasteiger partial charge on any atom is -0.394 e. The Labute approximate surface area is 322 Å². The zero-order valence-electron chi connectivity index (χ0n) is 34.1. The van der Waals surface area contributed by atoms with Crippen LogP contribution in [0.3, 0.4) is 0 Å². The first-order valence-electron chi connectivity index (χ1n) is 20.8. The van der Waals surface area contributed by atoms with Gasteiger partial charge in [0.1, 0.15) is 18.3 Å². The molecule has 20 atom stereocenters. The van der Waals surface area contributed by atoms with Gasteiger partial charge in [0.05, 0.1) is 43.2 Å². The topological polar surface area (TPSA) is 190 Å². The molecule has 4 saturated carbocycles. The molecule has 2 saturated heterocycles. The molecule has 4 aliphatic carbocycles. The van der Waals surface area contributed by atoms with Crippen molar-refractivity contribution < 1.29 is 55.1 Å². The van der Waals surface area contributed by atoms with Gasteiger partial charge in [-0.3, -0.25) is 0 Å². The number of hydrogen-bond acceptors (Lipinski definition) is 11. The second kappa shape index (κ2) is 15.3. The molecule has 6 aliphatic rings. The Morgan fingerprint density at radius 2 is 1.46 bits per heavy atom. The van der Waals surface area contributed by atoms with E-state index >= 15 is 0 Å². The number of fused-ring (bicyclic) bond motifs is 5. The summed E-state index contributed by atoms with van der Waals surface area (Å²) < 4.78 is 19.1. The largest absolute Gasteiger partial charge is 0.394 e. The Hall–Kier alpha value is -0.960. The van der Waals surface area contributed by atoms with E-state index in [2.05, 4.69) is 67.5 Å². The predicted molar refractivity (Wildman–Crippen MR) is 202 cm³/mol. The molecule has 0 bridgehead atoms. The van der Waals surface area contributed by atoms with Crippen molar-refractivity contribution in [3.8, 4) is 0 Å². The summed E-state index contributed by atoms with van der Waals surface area (Å²) in [5.74, 6) is -1.71. The van der Waals surface area contributed by atoms with Gasteiger partial charge >= 0.3 is 0 Å². The maximum absolute atomic E-state index is 12.2. The van der Waals surface area contributed by atoms with E-state index in [-0.39, 0.29) is 46.3 Å².